The standard InChI is InChI=1S/C21H18N4O/c22-14-10-11-17-15(12-14)19(21(26)25-17)20(13-6-2-1-3-7-13)24-18-9-5-4-8-16(18)23/h1-12,25-26H,22-23H2. The Balaban J connectivity index is 2.03. The fourth-order valence-electron chi connectivity index (χ4n) is 3.01. The number of fused-ring (bicyclic) bond motifs is 1. The molecule has 3 aromatic carbocycles. The third-order valence-corrected chi connectivity index (χ3v) is 4.26. The SMILES string of the molecule is Nc1ccc2[nH]c(O)c(C(=Nc3ccccc3N)c3ccccc3)c2c1. The van der Waals surface area contributed by atoms with Gasteiger partial charge in [0.15, 0.2) is 5.88 Å². The molecule has 0 saturated heterocycles. The van der Waals surface area contributed by atoms with Gasteiger partial charge in [0.2, 0.25) is 0 Å². The van der Waals surface area contributed by atoms with Gasteiger partial charge in [-0.3, -0.25) is 0 Å². The van der Waals surface area contributed by atoms with E-state index in [0.29, 0.717) is 28.3 Å². The zero-order valence-corrected chi connectivity index (χ0v) is 14.0. The lowest BCUT2D eigenvalue weighted by Crippen LogP contribution is -2.03. The van der Waals surface area contributed by atoms with E-state index in [1.807, 2.05) is 60.7 Å². The highest BCUT2D eigenvalue weighted by Gasteiger charge is 2.19. The van der Waals surface area contributed by atoms with Crippen molar-refractivity contribution in [1.29, 1.82) is 0 Å². The Kier molecular flexibility index (Phi) is 3.82. The number of para-hydroxylation sites is 2. The van der Waals surface area contributed by atoms with Crippen LogP contribution >= 0.6 is 0 Å². The first kappa shape index (κ1) is 15.8. The van der Waals surface area contributed by atoms with Gasteiger partial charge in [-0.05, 0) is 30.3 Å². The summed E-state index contributed by atoms with van der Waals surface area (Å²) in [4.78, 5) is 7.78. The van der Waals surface area contributed by atoms with E-state index in [9.17, 15) is 5.11 Å². The van der Waals surface area contributed by atoms with Gasteiger partial charge in [-0.25, -0.2) is 4.99 Å². The van der Waals surface area contributed by atoms with Crippen molar-refractivity contribution >= 4 is 33.7 Å². The largest absolute Gasteiger partial charge is 0.494 e. The molecule has 0 amide bonds. The number of hydrogen-bond acceptors (Lipinski definition) is 4. The van der Waals surface area contributed by atoms with E-state index in [1.165, 1.54) is 0 Å². The summed E-state index contributed by atoms with van der Waals surface area (Å²) in [6.45, 7) is 0. The van der Waals surface area contributed by atoms with E-state index in [-0.39, 0.29) is 5.88 Å². The highest BCUT2D eigenvalue weighted by molar-refractivity contribution is 6.22. The second-order valence-corrected chi connectivity index (χ2v) is 6.04. The molecule has 6 N–H and O–H groups in total. The maximum Gasteiger partial charge on any atom is 0.199 e. The Labute approximate surface area is 150 Å². The molecule has 0 aliphatic rings. The second-order valence-electron chi connectivity index (χ2n) is 6.04. The molecule has 0 fully saturated rings. The number of aliphatic imine (C=N–C) groups is 1. The molecule has 0 bridgehead atoms. The van der Waals surface area contributed by atoms with Crippen LogP contribution in [-0.2, 0) is 0 Å². The molecule has 128 valence electrons. The molecule has 0 atom stereocenters. The Morgan fingerprint density at radius 3 is 2.38 bits per heavy atom. The van der Waals surface area contributed by atoms with Gasteiger partial charge in [-0.15, -0.1) is 0 Å². The van der Waals surface area contributed by atoms with Crippen LogP contribution in [0.2, 0.25) is 0 Å². The van der Waals surface area contributed by atoms with Crippen LogP contribution in [0.15, 0.2) is 77.8 Å². The zero-order valence-electron chi connectivity index (χ0n) is 14.0. The van der Waals surface area contributed by atoms with Crippen molar-refractivity contribution in [3.05, 3.63) is 83.9 Å². The van der Waals surface area contributed by atoms with Crippen molar-refractivity contribution in [3.63, 3.8) is 0 Å². The van der Waals surface area contributed by atoms with E-state index in [1.54, 1.807) is 12.1 Å². The average Bonchev–Trinajstić information content (AvgIpc) is 2.97. The summed E-state index contributed by atoms with van der Waals surface area (Å²) in [5.41, 5.74) is 16.7. The minimum atomic E-state index is 0.0442. The monoisotopic (exact) mass is 342 g/mol. The van der Waals surface area contributed by atoms with Gasteiger partial charge >= 0.3 is 0 Å². The Bertz CT molecular complexity index is 1110. The second kappa shape index (κ2) is 6.29. The van der Waals surface area contributed by atoms with Gasteiger partial charge in [0.25, 0.3) is 0 Å². The molecular formula is C21H18N4O. The van der Waals surface area contributed by atoms with Crippen LogP contribution < -0.4 is 11.5 Å². The van der Waals surface area contributed by atoms with E-state index in [4.69, 9.17) is 16.5 Å². The molecule has 0 spiro atoms. The van der Waals surface area contributed by atoms with Gasteiger partial charge in [-0.1, -0.05) is 42.5 Å². The Morgan fingerprint density at radius 2 is 1.62 bits per heavy atom. The molecule has 5 nitrogen and oxygen atoms in total. The third-order valence-electron chi connectivity index (χ3n) is 4.26. The van der Waals surface area contributed by atoms with Crippen LogP contribution in [0, 0.1) is 0 Å². The minimum absolute atomic E-state index is 0.0442. The molecule has 0 saturated carbocycles. The maximum atomic E-state index is 10.6. The number of nitrogens with one attached hydrogen (secondary N) is 1. The lowest BCUT2D eigenvalue weighted by atomic mass is 10.0. The summed E-state index contributed by atoms with van der Waals surface area (Å²) in [5, 5.41) is 11.4. The quantitative estimate of drug-likeness (QED) is 0.331. The number of rotatable bonds is 3. The molecule has 5 heteroatoms. The van der Waals surface area contributed by atoms with Crippen molar-refractivity contribution in [2.75, 3.05) is 11.5 Å². The summed E-state index contributed by atoms with van der Waals surface area (Å²) < 4.78 is 0. The van der Waals surface area contributed by atoms with Crippen molar-refractivity contribution in [2.24, 2.45) is 4.99 Å². The van der Waals surface area contributed by atoms with Gasteiger partial charge < -0.3 is 21.6 Å². The fourth-order valence-corrected chi connectivity index (χ4v) is 3.01. The summed E-state index contributed by atoms with van der Waals surface area (Å²) in [5.74, 6) is 0.0442. The first-order chi connectivity index (χ1) is 12.6. The number of H-pyrrole nitrogens is 1. The number of benzene rings is 3. The number of aromatic nitrogens is 1. The molecule has 1 aromatic heterocycles. The van der Waals surface area contributed by atoms with E-state index >= 15 is 0 Å². The molecule has 1 heterocycles. The van der Waals surface area contributed by atoms with Crippen LogP contribution in [-0.4, -0.2) is 15.8 Å². The molecule has 26 heavy (non-hydrogen) atoms. The smallest absolute Gasteiger partial charge is 0.199 e. The van der Waals surface area contributed by atoms with Gasteiger partial charge in [-0.2, -0.15) is 0 Å². The number of aromatic hydroxyl groups is 1. The van der Waals surface area contributed by atoms with Crippen molar-refractivity contribution in [3.8, 4) is 5.88 Å². The molecule has 0 unspecified atom stereocenters. The third kappa shape index (κ3) is 2.75. The topological polar surface area (TPSA) is 100 Å². The highest BCUT2D eigenvalue weighted by atomic mass is 16.3. The number of nitrogens with two attached hydrogens (primary N) is 2. The molecule has 4 rings (SSSR count). The summed E-state index contributed by atoms with van der Waals surface area (Å²) in [6, 6.07) is 22.5. The van der Waals surface area contributed by atoms with E-state index in [2.05, 4.69) is 4.98 Å². The summed E-state index contributed by atoms with van der Waals surface area (Å²) >= 11 is 0. The van der Waals surface area contributed by atoms with Crippen LogP contribution in [0.1, 0.15) is 11.1 Å². The zero-order chi connectivity index (χ0) is 18.1. The molecule has 4 aromatic rings. The van der Waals surface area contributed by atoms with E-state index < -0.39 is 0 Å². The summed E-state index contributed by atoms with van der Waals surface area (Å²) in [6.07, 6.45) is 0. The average molecular weight is 342 g/mol. The van der Waals surface area contributed by atoms with Crippen LogP contribution in [0.25, 0.3) is 10.9 Å². The lowest BCUT2D eigenvalue weighted by molar-refractivity contribution is 0.457. The highest BCUT2D eigenvalue weighted by Crippen LogP contribution is 2.33. The van der Waals surface area contributed by atoms with Crippen LogP contribution in [0.4, 0.5) is 17.1 Å². The normalized spacial score (nSPS) is 11.8. The molecule has 0 aliphatic carbocycles. The van der Waals surface area contributed by atoms with Gasteiger partial charge in [0.1, 0.15) is 0 Å². The first-order valence-electron chi connectivity index (χ1n) is 8.22. The van der Waals surface area contributed by atoms with Crippen molar-refractivity contribution < 1.29 is 5.11 Å². The molecule has 0 aliphatic heterocycles. The lowest BCUT2D eigenvalue weighted by Gasteiger charge is -2.09. The number of hydrogen-bond donors (Lipinski definition) is 4. The predicted octanol–water partition coefficient (Wildman–Crippen LogP) is 4.21. The van der Waals surface area contributed by atoms with E-state index in [0.717, 1.165) is 16.5 Å². The predicted molar refractivity (Wildman–Crippen MR) is 107 cm³/mol. The van der Waals surface area contributed by atoms with Crippen molar-refractivity contribution in [1.82, 2.24) is 4.98 Å². The minimum Gasteiger partial charge on any atom is -0.494 e. The van der Waals surface area contributed by atoms with Crippen molar-refractivity contribution in [2.45, 2.75) is 0 Å². The number of aromatic amines is 1. The number of nitrogen functional groups attached to an aromatic ring is 2. The summed E-state index contributed by atoms with van der Waals surface area (Å²) in [7, 11) is 0. The number of nitrogens with zero attached hydrogens (tertiary/aromatic N) is 1. The maximum absolute atomic E-state index is 10.6. The van der Waals surface area contributed by atoms with Crippen LogP contribution in [0.3, 0.4) is 0 Å². The Morgan fingerprint density at radius 1 is 0.885 bits per heavy atom. The van der Waals surface area contributed by atoms with Gasteiger partial charge in [0.05, 0.1) is 22.6 Å². The van der Waals surface area contributed by atoms with Crippen LogP contribution in [0.5, 0.6) is 5.88 Å². The Hall–Kier alpha value is -3.73. The first-order valence-corrected chi connectivity index (χ1v) is 8.22. The molecule has 0 radical (unpaired) electrons. The molecular weight excluding hydrogens is 324 g/mol. The number of anilines is 2. The fraction of sp³-hybridized carbons (Fsp3) is 0. The van der Waals surface area contributed by atoms with Gasteiger partial charge in [0, 0.05) is 22.2 Å².